The Morgan fingerprint density at radius 1 is 1.14 bits per heavy atom. The van der Waals surface area contributed by atoms with Gasteiger partial charge in [0.15, 0.2) is 0 Å². The van der Waals surface area contributed by atoms with Gasteiger partial charge < -0.3 is 20.4 Å². The van der Waals surface area contributed by atoms with Crippen molar-refractivity contribution in [2.45, 2.75) is 38.4 Å². The molecule has 0 spiro atoms. The van der Waals surface area contributed by atoms with Crippen molar-refractivity contribution in [1.82, 2.24) is 25.8 Å². The molecule has 3 amide bonds. The molecule has 0 aromatic heterocycles. The summed E-state index contributed by atoms with van der Waals surface area (Å²) in [5, 5.41) is 9.17. The third-order valence-corrected chi connectivity index (χ3v) is 5.96. The van der Waals surface area contributed by atoms with E-state index in [0.717, 1.165) is 63.4 Å². The number of piperazine rings is 1. The number of nitrogens with one attached hydrogen (secondary N) is 3. The molecule has 2 fully saturated rings. The van der Waals surface area contributed by atoms with E-state index in [1.54, 1.807) is 4.90 Å². The van der Waals surface area contributed by atoms with Crippen LogP contribution in [0.2, 0.25) is 0 Å². The zero-order chi connectivity index (χ0) is 20.2. The Morgan fingerprint density at radius 3 is 2.76 bits per heavy atom. The third-order valence-electron chi connectivity index (χ3n) is 5.96. The molecule has 1 unspecified atom stereocenters. The van der Waals surface area contributed by atoms with E-state index in [-0.39, 0.29) is 24.1 Å². The van der Waals surface area contributed by atoms with Gasteiger partial charge in [0.1, 0.15) is 6.04 Å². The first-order chi connectivity index (χ1) is 14.1. The minimum absolute atomic E-state index is 0.116. The Kier molecular flexibility index (Phi) is 6.22. The van der Waals surface area contributed by atoms with Gasteiger partial charge in [0.2, 0.25) is 11.8 Å². The molecular formula is C21H29N5O3. The molecule has 156 valence electrons. The third kappa shape index (κ3) is 4.66. The number of imide groups is 1. The molecule has 0 radical (unpaired) electrons. The fourth-order valence-corrected chi connectivity index (χ4v) is 4.31. The Balaban J connectivity index is 1.27. The van der Waals surface area contributed by atoms with Crippen LogP contribution in [0.3, 0.4) is 0 Å². The molecular weight excluding hydrogens is 370 g/mol. The quantitative estimate of drug-likeness (QED) is 0.436. The molecule has 8 heteroatoms. The lowest BCUT2D eigenvalue weighted by atomic mass is 10.0. The number of carbonyl (C=O) groups is 3. The second kappa shape index (κ2) is 9.02. The zero-order valence-corrected chi connectivity index (χ0v) is 16.7. The molecule has 3 N–H and O–H groups in total. The Bertz CT molecular complexity index is 791. The Labute approximate surface area is 171 Å². The van der Waals surface area contributed by atoms with Crippen molar-refractivity contribution in [3.05, 3.63) is 34.9 Å². The van der Waals surface area contributed by atoms with Crippen LogP contribution in [-0.4, -0.2) is 72.8 Å². The van der Waals surface area contributed by atoms with E-state index in [0.29, 0.717) is 18.5 Å². The first kappa shape index (κ1) is 20.0. The van der Waals surface area contributed by atoms with Crippen LogP contribution in [0.15, 0.2) is 18.2 Å². The van der Waals surface area contributed by atoms with Gasteiger partial charge in [0, 0.05) is 51.3 Å². The van der Waals surface area contributed by atoms with Crippen LogP contribution in [-0.2, 0) is 22.7 Å². The van der Waals surface area contributed by atoms with Crippen LogP contribution in [0.25, 0.3) is 0 Å². The maximum absolute atomic E-state index is 12.9. The number of amides is 3. The van der Waals surface area contributed by atoms with Crippen LogP contribution in [0.4, 0.5) is 0 Å². The summed E-state index contributed by atoms with van der Waals surface area (Å²) >= 11 is 0. The van der Waals surface area contributed by atoms with Crippen molar-refractivity contribution in [2.75, 3.05) is 39.3 Å². The second-order valence-electron chi connectivity index (χ2n) is 8.01. The summed E-state index contributed by atoms with van der Waals surface area (Å²) in [6, 6.07) is 5.41. The molecule has 1 aromatic carbocycles. The Hall–Kier alpha value is -2.29. The Morgan fingerprint density at radius 2 is 1.97 bits per heavy atom. The number of hydrogen-bond acceptors (Lipinski definition) is 6. The number of hydrogen-bond donors (Lipinski definition) is 3. The summed E-state index contributed by atoms with van der Waals surface area (Å²) in [4.78, 5) is 40.4. The van der Waals surface area contributed by atoms with Crippen molar-refractivity contribution < 1.29 is 14.4 Å². The summed E-state index contributed by atoms with van der Waals surface area (Å²) < 4.78 is 0. The number of fused-ring (bicyclic) bond motifs is 1. The van der Waals surface area contributed by atoms with E-state index in [4.69, 9.17) is 0 Å². The molecule has 3 aliphatic rings. The smallest absolute Gasteiger partial charge is 0.255 e. The average Bonchev–Trinajstić information content (AvgIpc) is 3.04. The molecule has 4 rings (SSSR count). The predicted molar refractivity (Wildman–Crippen MR) is 108 cm³/mol. The number of nitrogens with zero attached hydrogens (tertiary/aromatic N) is 2. The minimum atomic E-state index is -0.556. The van der Waals surface area contributed by atoms with Crippen molar-refractivity contribution in [1.29, 1.82) is 0 Å². The number of benzene rings is 1. The topological polar surface area (TPSA) is 93.8 Å². The van der Waals surface area contributed by atoms with Gasteiger partial charge in [0.05, 0.1) is 0 Å². The second-order valence-corrected chi connectivity index (χ2v) is 8.01. The zero-order valence-electron chi connectivity index (χ0n) is 16.7. The lowest BCUT2D eigenvalue weighted by Gasteiger charge is -2.29. The average molecular weight is 399 g/mol. The summed E-state index contributed by atoms with van der Waals surface area (Å²) in [6.07, 6.45) is 1.78. The molecule has 1 aromatic rings. The predicted octanol–water partition coefficient (Wildman–Crippen LogP) is -0.167. The highest BCUT2D eigenvalue weighted by Gasteiger charge is 2.39. The van der Waals surface area contributed by atoms with Crippen molar-refractivity contribution in [2.24, 2.45) is 0 Å². The van der Waals surface area contributed by atoms with Gasteiger partial charge in [-0.1, -0.05) is 12.1 Å². The normalized spacial score (nSPS) is 22.7. The van der Waals surface area contributed by atoms with E-state index in [2.05, 4.69) is 20.9 Å². The van der Waals surface area contributed by atoms with E-state index in [9.17, 15) is 14.4 Å². The largest absolute Gasteiger partial charge is 0.322 e. The lowest BCUT2D eigenvalue weighted by Crippen LogP contribution is -2.52. The van der Waals surface area contributed by atoms with Crippen LogP contribution in [0.5, 0.6) is 0 Å². The SMILES string of the molecule is O=C1CCC(N2Cc3ccc(CNCCCN4CCNCC4)cc3C2=O)C(=O)N1. The monoisotopic (exact) mass is 399 g/mol. The molecule has 3 heterocycles. The van der Waals surface area contributed by atoms with Crippen LogP contribution in [0.1, 0.15) is 40.7 Å². The fraction of sp³-hybridized carbons (Fsp3) is 0.571. The van der Waals surface area contributed by atoms with Crippen molar-refractivity contribution in [3.63, 3.8) is 0 Å². The molecule has 0 bridgehead atoms. The summed E-state index contributed by atoms with van der Waals surface area (Å²) in [6.45, 7) is 7.60. The molecule has 3 aliphatic heterocycles. The molecule has 2 saturated heterocycles. The standard InChI is InChI=1S/C21H29N5O3/c27-19-5-4-18(20(28)24-19)26-14-16-3-2-15(12-17(16)21(26)29)13-23-6-1-9-25-10-7-22-8-11-25/h2-3,12,18,22-23H,1,4-11,13-14H2,(H,24,27,28). The minimum Gasteiger partial charge on any atom is -0.322 e. The van der Waals surface area contributed by atoms with Gasteiger partial charge in [-0.2, -0.15) is 0 Å². The van der Waals surface area contributed by atoms with E-state index in [1.165, 1.54) is 0 Å². The van der Waals surface area contributed by atoms with E-state index < -0.39 is 6.04 Å². The maximum atomic E-state index is 12.9. The highest BCUT2D eigenvalue weighted by molar-refractivity contribution is 6.05. The van der Waals surface area contributed by atoms with Crippen molar-refractivity contribution >= 4 is 17.7 Å². The highest BCUT2D eigenvalue weighted by Crippen LogP contribution is 2.28. The molecule has 0 aliphatic carbocycles. The van der Waals surface area contributed by atoms with Gasteiger partial charge in [-0.3, -0.25) is 19.7 Å². The molecule has 8 nitrogen and oxygen atoms in total. The van der Waals surface area contributed by atoms with Gasteiger partial charge >= 0.3 is 0 Å². The van der Waals surface area contributed by atoms with Gasteiger partial charge in [-0.05, 0) is 43.1 Å². The van der Waals surface area contributed by atoms with Crippen molar-refractivity contribution in [3.8, 4) is 0 Å². The fourth-order valence-electron chi connectivity index (χ4n) is 4.31. The lowest BCUT2D eigenvalue weighted by molar-refractivity contribution is -0.136. The first-order valence-electron chi connectivity index (χ1n) is 10.5. The molecule has 1 atom stereocenters. The highest BCUT2D eigenvalue weighted by atomic mass is 16.2. The van der Waals surface area contributed by atoms with Gasteiger partial charge in [-0.25, -0.2) is 0 Å². The van der Waals surface area contributed by atoms with Crippen LogP contribution in [0, 0.1) is 0 Å². The molecule has 0 saturated carbocycles. The summed E-state index contributed by atoms with van der Waals surface area (Å²) in [7, 11) is 0. The maximum Gasteiger partial charge on any atom is 0.255 e. The summed E-state index contributed by atoms with van der Waals surface area (Å²) in [5.74, 6) is -0.746. The van der Waals surface area contributed by atoms with Crippen LogP contribution < -0.4 is 16.0 Å². The number of piperidine rings is 1. The van der Waals surface area contributed by atoms with E-state index in [1.807, 2.05) is 18.2 Å². The van der Waals surface area contributed by atoms with E-state index >= 15 is 0 Å². The van der Waals surface area contributed by atoms with Crippen LogP contribution >= 0.6 is 0 Å². The van der Waals surface area contributed by atoms with Gasteiger partial charge in [-0.15, -0.1) is 0 Å². The summed E-state index contributed by atoms with van der Waals surface area (Å²) in [5.41, 5.74) is 2.70. The first-order valence-corrected chi connectivity index (χ1v) is 10.5. The number of rotatable bonds is 7. The molecule has 29 heavy (non-hydrogen) atoms. The van der Waals surface area contributed by atoms with Gasteiger partial charge in [0.25, 0.3) is 5.91 Å². The number of carbonyl (C=O) groups excluding carboxylic acids is 3.